The Morgan fingerprint density at radius 2 is 2.12 bits per heavy atom. The Morgan fingerprint density at radius 3 is 2.77 bits per heavy atom. The molecule has 0 N–H and O–H groups in total. The summed E-state index contributed by atoms with van der Waals surface area (Å²) in [6.45, 7) is 3.43. The average molecular weight is 374 g/mol. The zero-order valence-corrected chi connectivity index (χ0v) is 16.2. The summed E-state index contributed by atoms with van der Waals surface area (Å²) in [5, 5.41) is 4.69. The second-order valence-corrected chi connectivity index (χ2v) is 7.18. The molecule has 2 heterocycles. The normalized spacial score (nSPS) is 11.3. The van der Waals surface area contributed by atoms with Gasteiger partial charge < -0.3 is 9.64 Å². The monoisotopic (exact) mass is 374 g/mol. The number of likely N-dealkylation sites (N-methyl/N-ethyl adjacent to an activating group) is 1. The summed E-state index contributed by atoms with van der Waals surface area (Å²) >= 11 is 1.50. The maximum absolute atomic E-state index is 12.9. The molecule has 0 aliphatic heterocycles. The van der Waals surface area contributed by atoms with Gasteiger partial charge in [-0.25, -0.2) is 14.6 Å². The van der Waals surface area contributed by atoms with E-state index in [1.54, 1.807) is 12.0 Å². The summed E-state index contributed by atoms with van der Waals surface area (Å²) in [5.74, 6) is 0.636. The summed E-state index contributed by atoms with van der Waals surface area (Å²) in [6.07, 6.45) is 2.96. The number of nitrogens with zero attached hydrogens (tertiary/aromatic N) is 6. The van der Waals surface area contributed by atoms with Crippen LogP contribution in [0.3, 0.4) is 0 Å². The Hall–Kier alpha value is -2.52. The fourth-order valence-corrected chi connectivity index (χ4v) is 3.64. The van der Waals surface area contributed by atoms with Crippen LogP contribution in [0, 0.1) is 6.92 Å². The van der Waals surface area contributed by atoms with E-state index in [0.29, 0.717) is 17.4 Å². The van der Waals surface area contributed by atoms with E-state index in [0.717, 1.165) is 22.3 Å². The standard InChI is InChI=1S/C17H22N6O2S/c1-12-5-6-13(25-4)15-16(12)26-17(20-15)23(8-7-21(2)3)14(24)9-22-11-18-10-19-22/h5-6,10-11H,7-9H2,1-4H3. The molecule has 1 amide bonds. The van der Waals surface area contributed by atoms with Gasteiger partial charge in [0.15, 0.2) is 5.13 Å². The van der Waals surface area contributed by atoms with Crippen molar-refractivity contribution in [3.05, 3.63) is 30.4 Å². The molecule has 0 spiro atoms. The van der Waals surface area contributed by atoms with Crippen molar-refractivity contribution in [3.8, 4) is 5.75 Å². The average Bonchev–Trinajstić information content (AvgIpc) is 3.25. The number of fused-ring (bicyclic) bond motifs is 1. The van der Waals surface area contributed by atoms with Gasteiger partial charge in [0, 0.05) is 13.1 Å². The molecule has 2 aromatic heterocycles. The minimum atomic E-state index is -0.0759. The molecule has 26 heavy (non-hydrogen) atoms. The third-order valence-electron chi connectivity index (χ3n) is 3.98. The number of carbonyl (C=O) groups is 1. The van der Waals surface area contributed by atoms with E-state index in [1.807, 2.05) is 38.1 Å². The Bertz CT molecular complexity index is 890. The zero-order chi connectivity index (χ0) is 18.7. The number of hydrogen-bond acceptors (Lipinski definition) is 7. The number of benzene rings is 1. The van der Waals surface area contributed by atoms with Crippen LogP contribution in [0.4, 0.5) is 5.13 Å². The van der Waals surface area contributed by atoms with Crippen LogP contribution in [-0.2, 0) is 11.3 Å². The quantitative estimate of drug-likeness (QED) is 0.628. The van der Waals surface area contributed by atoms with Crippen LogP contribution in [0.5, 0.6) is 5.75 Å². The smallest absolute Gasteiger partial charge is 0.250 e. The maximum Gasteiger partial charge on any atom is 0.250 e. The number of aromatic nitrogens is 4. The molecule has 0 unspecified atom stereocenters. The first-order valence-corrected chi connectivity index (χ1v) is 9.03. The Kier molecular flexibility index (Phi) is 5.48. The molecule has 1 aromatic carbocycles. The molecule has 0 aliphatic rings. The van der Waals surface area contributed by atoms with Crippen LogP contribution < -0.4 is 9.64 Å². The molecule has 0 atom stereocenters. The van der Waals surface area contributed by atoms with E-state index in [1.165, 1.54) is 28.7 Å². The predicted molar refractivity (Wildman–Crippen MR) is 102 cm³/mol. The summed E-state index contributed by atoms with van der Waals surface area (Å²) in [6, 6.07) is 3.91. The minimum Gasteiger partial charge on any atom is -0.494 e. The molecule has 138 valence electrons. The van der Waals surface area contributed by atoms with Crippen molar-refractivity contribution in [2.75, 3.05) is 39.2 Å². The molecule has 0 aliphatic carbocycles. The second-order valence-electron chi connectivity index (χ2n) is 6.20. The first-order valence-electron chi connectivity index (χ1n) is 8.21. The van der Waals surface area contributed by atoms with Crippen molar-refractivity contribution in [1.82, 2.24) is 24.6 Å². The highest BCUT2D eigenvalue weighted by atomic mass is 32.1. The Balaban J connectivity index is 1.96. The molecule has 0 bridgehead atoms. The van der Waals surface area contributed by atoms with Gasteiger partial charge in [-0.15, -0.1) is 0 Å². The maximum atomic E-state index is 12.9. The number of rotatable bonds is 7. The second kappa shape index (κ2) is 7.79. The van der Waals surface area contributed by atoms with E-state index in [9.17, 15) is 4.79 Å². The fourth-order valence-electron chi connectivity index (χ4n) is 2.54. The van der Waals surface area contributed by atoms with Gasteiger partial charge in [0.25, 0.3) is 5.91 Å². The molecule has 0 saturated carbocycles. The largest absolute Gasteiger partial charge is 0.494 e. The fraction of sp³-hybridized carbons (Fsp3) is 0.412. The highest BCUT2D eigenvalue weighted by Crippen LogP contribution is 2.36. The number of hydrogen-bond donors (Lipinski definition) is 0. The predicted octanol–water partition coefficient (Wildman–Crippen LogP) is 1.80. The molecule has 3 aromatic rings. The summed E-state index contributed by atoms with van der Waals surface area (Å²) in [7, 11) is 5.58. The molecule has 8 nitrogen and oxygen atoms in total. The van der Waals surface area contributed by atoms with E-state index < -0.39 is 0 Å². The highest BCUT2D eigenvalue weighted by molar-refractivity contribution is 7.22. The van der Waals surface area contributed by atoms with Crippen molar-refractivity contribution in [3.63, 3.8) is 0 Å². The molecule has 3 rings (SSSR count). The highest BCUT2D eigenvalue weighted by Gasteiger charge is 2.22. The zero-order valence-electron chi connectivity index (χ0n) is 15.3. The number of aryl methyl sites for hydroxylation is 1. The summed E-state index contributed by atoms with van der Waals surface area (Å²) in [4.78, 5) is 25.2. The van der Waals surface area contributed by atoms with Crippen molar-refractivity contribution in [1.29, 1.82) is 0 Å². The van der Waals surface area contributed by atoms with Gasteiger partial charge in [0.05, 0.1) is 11.8 Å². The number of methoxy groups -OCH3 is 1. The molecule has 9 heteroatoms. The number of anilines is 1. The van der Waals surface area contributed by atoms with Crippen molar-refractivity contribution in [2.45, 2.75) is 13.5 Å². The van der Waals surface area contributed by atoms with Gasteiger partial charge in [-0.1, -0.05) is 17.4 Å². The van der Waals surface area contributed by atoms with Crippen LogP contribution in [0.15, 0.2) is 24.8 Å². The third-order valence-corrected chi connectivity index (χ3v) is 5.19. The molecular weight excluding hydrogens is 352 g/mol. The lowest BCUT2D eigenvalue weighted by molar-refractivity contribution is -0.119. The number of thiazole rings is 1. The van der Waals surface area contributed by atoms with Crippen molar-refractivity contribution >= 4 is 32.6 Å². The first-order chi connectivity index (χ1) is 12.5. The first kappa shape index (κ1) is 18.3. The Labute approximate surface area is 156 Å². The molecule has 0 radical (unpaired) electrons. The third kappa shape index (κ3) is 3.83. The summed E-state index contributed by atoms with van der Waals surface area (Å²) < 4.78 is 7.98. The lowest BCUT2D eigenvalue weighted by atomic mass is 10.2. The van der Waals surface area contributed by atoms with Crippen LogP contribution in [0.1, 0.15) is 5.56 Å². The van der Waals surface area contributed by atoms with Gasteiger partial charge in [-0.3, -0.25) is 9.69 Å². The Morgan fingerprint density at radius 1 is 1.31 bits per heavy atom. The van der Waals surface area contributed by atoms with Crippen LogP contribution in [-0.4, -0.2) is 64.9 Å². The SMILES string of the molecule is COc1ccc(C)c2sc(N(CCN(C)C)C(=O)Cn3cncn3)nc12. The molecule has 0 saturated heterocycles. The van der Waals surface area contributed by atoms with Gasteiger partial charge in [0.2, 0.25) is 0 Å². The number of carbonyl (C=O) groups excluding carboxylic acids is 1. The van der Waals surface area contributed by atoms with Gasteiger partial charge >= 0.3 is 0 Å². The topological polar surface area (TPSA) is 76.4 Å². The minimum absolute atomic E-state index is 0.0759. The summed E-state index contributed by atoms with van der Waals surface area (Å²) in [5.41, 5.74) is 1.90. The van der Waals surface area contributed by atoms with Crippen LogP contribution >= 0.6 is 11.3 Å². The van der Waals surface area contributed by atoms with E-state index in [4.69, 9.17) is 9.72 Å². The van der Waals surface area contributed by atoms with Gasteiger partial charge in [-0.2, -0.15) is 5.10 Å². The van der Waals surface area contributed by atoms with E-state index in [-0.39, 0.29) is 12.5 Å². The lowest BCUT2D eigenvalue weighted by Gasteiger charge is -2.21. The van der Waals surface area contributed by atoms with E-state index in [2.05, 4.69) is 10.1 Å². The van der Waals surface area contributed by atoms with Crippen molar-refractivity contribution < 1.29 is 9.53 Å². The van der Waals surface area contributed by atoms with Crippen molar-refractivity contribution in [2.24, 2.45) is 0 Å². The molecular formula is C17H22N6O2S. The lowest BCUT2D eigenvalue weighted by Crippen LogP contribution is -2.38. The van der Waals surface area contributed by atoms with Gasteiger partial charge in [0.1, 0.15) is 30.5 Å². The van der Waals surface area contributed by atoms with Gasteiger partial charge in [-0.05, 0) is 32.6 Å². The van der Waals surface area contributed by atoms with Crippen LogP contribution in [0.25, 0.3) is 10.2 Å². The van der Waals surface area contributed by atoms with E-state index >= 15 is 0 Å². The number of amides is 1. The number of ether oxygens (including phenoxy) is 1. The van der Waals surface area contributed by atoms with Crippen LogP contribution in [0.2, 0.25) is 0 Å². The molecule has 0 fully saturated rings.